The topological polar surface area (TPSA) is 131 Å². The van der Waals surface area contributed by atoms with E-state index in [4.69, 9.17) is 15.0 Å². The van der Waals surface area contributed by atoms with Gasteiger partial charge in [0.1, 0.15) is 34.7 Å². The molecule has 1 saturated heterocycles. The molecule has 0 bridgehead atoms. The Morgan fingerprint density at radius 2 is 1.91 bits per heavy atom. The van der Waals surface area contributed by atoms with Gasteiger partial charge in [-0.3, -0.25) is 5.10 Å². The predicted octanol–water partition coefficient (Wildman–Crippen LogP) is 3.87. The fourth-order valence-electron chi connectivity index (χ4n) is 3.94. The summed E-state index contributed by atoms with van der Waals surface area (Å²) in [4.78, 5) is 11.2. The summed E-state index contributed by atoms with van der Waals surface area (Å²) in [5.74, 6) is 2.71. The van der Waals surface area contributed by atoms with Crippen molar-refractivity contribution in [3.8, 4) is 11.3 Å². The van der Waals surface area contributed by atoms with E-state index >= 15 is 0 Å². The zero-order valence-electron chi connectivity index (χ0n) is 19.6. The average molecular weight is 479 g/mol. The second-order valence-corrected chi connectivity index (χ2v) is 8.68. The molecule has 10 nitrogen and oxygen atoms in total. The molecule has 1 aromatic carbocycles. The van der Waals surface area contributed by atoms with Crippen molar-refractivity contribution in [1.82, 2.24) is 25.3 Å². The summed E-state index contributed by atoms with van der Waals surface area (Å²) in [6.45, 7) is 6.71. The second kappa shape index (κ2) is 9.71. The van der Waals surface area contributed by atoms with Crippen LogP contribution in [0.2, 0.25) is 0 Å². The Bertz CT molecular complexity index is 1300. The fraction of sp³-hybridized carbons (Fsp3) is 0.333. The monoisotopic (exact) mass is 478 g/mol. The molecule has 0 saturated carbocycles. The molecule has 0 amide bonds. The average Bonchev–Trinajstić information content (AvgIpc) is 3.52. The largest absolute Gasteiger partial charge is 0.378 e. The number of halogens is 1. The van der Waals surface area contributed by atoms with E-state index in [9.17, 15) is 4.39 Å². The minimum Gasteiger partial charge on any atom is -0.378 e. The third-order valence-corrected chi connectivity index (χ3v) is 5.81. The van der Waals surface area contributed by atoms with Crippen molar-refractivity contribution < 1.29 is 13.7 Å². The Morgan fingerprint density at radius 3 is 2.63 bits per heavy atom. The number of anilines is 4. The number of aromatic nitrogens is 5. The van der Waals surface area contributed by atoms with E-state index in [1.54, 1.807) is 12.1 Å². The number of benzene rings is 1. The van der Waals surface area contributed by atoms with Crippen LogP contribution in [0.3, 0.4) is 0 Å². The summed E-state index contributed by atoms with van der Waals surface area (Å²) in [7, 11) is 0. The number of nitrogens with two attached hydrogens (primary N) is 1. The predicted molar refractivity (Wildman–Crippen MR) is 130 cm³/mol. The van der Waals surface area contributed by atoms with Crippen molar-refractivity contribution in [1.29, 1.82) is 0 Å². The number of rotatable bonds is 7. The van der Waals surface area contributed by atoms with Crippen molar-refractivity contribution >= 4 is 23.4 Å². The number of H-pyrrole nitrogens is 1. The first-order chi connectivity index (χ1) is 17.0. The number of hydrogen-bond acceptors (Lipinski definition) is 9. The molecule has 3 aromatic heterocycles. The van der Waals surface area contributed by atoms with Crippen LogP contribution in [-0.2, 0) is 11.2 Å². The van der Waals surface area contributed by atoms with Crippen LogP contribution in [0.1, 0.15) is 36.8 Å². The summed E-state index contributed by atoms with van der Waals surface area (Å²) in [5.41, 5.74) is 9.24. The van der Waals surface area contributed by atoms with E-state index in [-0.39, 0.29) is 17.7 Å². The van der Waals surface area contributed by atoms with Crippen LogP contribution in [-0.4, -0.2) is 51.6 Å². The smallest absolute Gasteiger partial charge is 0.223 e. The van der Waals surface area contributed by atoms with E-state index in [1.807, 2.05) is 12.1 Å². The standard InChI is InChI=1S/C24H27FN8O2/c1-14(2)19-13-21(31-30-19)27-22-18(23(29-24(26)28-22)33-7-9-34-10-8-33)11-17-12-20(32-35-17)15-3-5-16(25)6-4-15/h3-6,12-14H,7-11H2,1-2H3,(H4,26,27,28,29,30,31). The van der Waals surface area contributed by atoms with Crippen molar-refractivity contribution in [2.75, 3.05) is 42.3 Å². The highest BCUT2D eigenvalue weighted by Gasteiger charge is 2.23. The molecule has 5 rings (SSSR count). The first-order valence-electron chi connectivity index (χ1n) is 11.5. The summed E-state index contributed by atoms with van der Waals surface area (Å²) >= 11 is 0. The fourth-order valence-corrected chi connectivity index (χ4v) is 3.94. The maximum Gasteiger partial charge on any atom is 0.223 e. The molecule has 1 aliphatic heterocycles. The van der Waals surface area contributed by atoms with E-state index in [0.717, 1.165) is 16.8 Å². The van der Waals surface area contributed by atoms with Gasteiger partial charge in [0.15, 0.2) is 0 Å². The second-order valence-electron chi connectivity index (χ2n) is 8.68. The van der Waals surface area contributed by atoms with Crippen molar-refractivity contribution in [3.63, 3.8) is 0 Å². The van der Waals surface area contributed by atoms with Gasteiger partial charge in [0, 0.05) is 42.8 Å². The van der Waals surface area contributed by atoms with Crippen LogP contribution in [0.25, 0.3) is 11.3 Å². The van der Waals surface area contributed by atoms with Gasteiger partial charge < -0.3 is 25.2 Å². The van der Waals surface area contributed by atoms with E-state index < -0.39 is 0 Å². The molecule has 1 fully saturated rings. The Morgan fingerprint density at radius 1 is 1.14 bits per heavy atom. The van der Waals surface area contributed by atoms with Crippen LogP contribution in [0.5, 0.6) is 0 Å². The SMILES string of the molecule is CC(C)c1cc(Nc2nc(N)nc(N3CCOCC3)c2Cc2cc(-c3ccc(F)cc3)no2)[nH]n1. The van der Waals surface area contributed by atoms with Gasteiger partial charge in [-0.05, 0) is 30.2 Å². The van der Waals surface area contributed by atoms with Gasteiger partial charge in [0.25, 0.3) is 0 Å². The lowest BCUT2D eigenvalue weighted by Crippen LogP contribution is -2.37. The Labute approximate surface area is 201 Å². The van der Waals surface area contributed by atoms with Crippen LogP contribution in [0, 0.1) is 5.82 Å². The minimum atomic E-state index is -0.304. The number of aromatic amines is 1. The molecule has 0 radical (unpaired) electrons. The highest BCUT2D eigenvalue weighted by Crippen LogP contribution is 2.32. The first-order valence-corrected chi connectivity index (χ1v) is 11.5. The molecule has 0 spiro atoms. The molecule has 11 heteroatoms. The van der Waals surface area contributed by atoms with Crippen molar-refractivity contribution in [2.24, 2.45) is 0 Å². The molecule has 182 valence electrons. The van der Waals surface area contributed by atoms with Gasteiger partial charge in [-0.15, -0.1) is 0 Å². The molecular formula is C24H27FN8O2. The zero-order chi connectivity index (χ0) is 24.4. The van der Waals surface area contributed by atoms with Gasteiger partial charge in [0.2, 0.25) is 5.95 Å². The molecular weight excluding hydrogens is 451 g/mol. The third kappa shape index (κ3) is 5.09. The highest BCUT2D eigenvalue weighted by atomic mass is 19.1. The van der Waals surface area contributed by atoms with Crippen LogP contribution >= 0.6 is 0 Å². The van der Waals surface area contributed by atoms with Gasteiger partial charge in [-0.25, -0.2) is 4.39 Å². The third-order valence-electron chi connectivity index (χ3n) is 5.81. The van der Waals surface area contributed by atoms with Crippen LogP contribution < -0.4 is 16.0 Å². The lowest BCUT2D eigenvalue weighted by atomic mass is 10.1. The lowest BCUT2D eigenvalue weighted by Gasteiger charge is -2.30. The number of nitrogens with one attached hydrogen (secondary N) is 2. The van der Waals surface area contributed by atoms with Crippen molar-refractivity contribution in [3.05, 3.63) is 59.2 Å². The Kier molecular flexibility index (Phi) is 6.32. The summed E-state index contributed by atoms with van der Waals surface area (Å²) in [6.07, 6.45) is 0.370. The number of nitrogens with zero attached hydrogens (tertiary/aromatic N) is 5. The lowest BCUT2D eigenvalue weighted by molar-refractivity contribution is 0.122. The molecule has 0 aliphatic carbocycles. The molecule has 1 aliphatic rings. The maximum absolute atomic E-state index is 13.3. The Hall–Kier alpha value is -3.99. The van der Waals surface area contributed by atoms with Gasteiger partial charge in [-0.2, -0.15) is 15.1 Å². The zero-order valence-corrected chi connectivity index (χ0v) is 19.6. The number of hydrogen-bond donors (Lipinski definition) is 3. The summed E-state index contributed by atoms with van der Waals surface area (Å²) < 4.78 is 24.5. The van der Waals surface area contributed by atoms with Crippen LogP contribution in [0.4, 0.5) is 27.8 Å². The highest BCUT2D eigenvalue weighted by molar-refractivity contribution is 5.67. The summed E-state index contributed by atoms with van der Waals surface area (Å²) in [5, 5.41) is 14.9. The maximum atomic E-state index is 13.3. The van der Waals surface area contributed by atoms with E-state index in [0.29, 0.717) is 61.6 Å². The quantitative estimate of drug-likeness (QED) is 0.362. The number of ether oxygens (including phenoxy) is 1. The van der Waals surface area contributed by atoms with Gasteiger partial charge in [-0.1, -0.05) is 19.0 Å². The van der Waals surface area contributed by atoms with Gasteiger partial charge in [0.05, 0.1) is 18.9 Å². The van der Waals surface area contributed by atoms with Gasteiger partial charge >= 0.3 is 0 Å². The number of morpholine rings is 1. The minimum absolute atomic E-state index is 0.158. The molecule has 4 aromatic rings. The van der Waals surface area contributed by atoms with E-state index in [2.05, 4.69) is 49.4 Å². The molecule has 0 atom stereocenters. The van der Waals surface area contributed by atoms with Crippen LogP contribution in [0.15, 0.2) is 40.9 Å². The molecule has 35 heavy (non-hydrogen) atoms. The Balaban J connectivity index is 1.51. The molecule has 4 heterocycles. The summed E-state index contributed by atoms with van der Waals surface area (Å²) in [6, 6.07) is 9.91. The molecule has 0 unspecified atom stereocenters. The van der Waals surface area contributed by atoms with Crippen molar-refractivity contribution in [2.45, 2.75) is 26.2 Å². The van der Waals surface area contributed by atoms with E-state index in [1.165, 1.54) is 12.1 Å². The number of nitrogen functional groups attached to an aromatic ring is 1. The molecule has 4 N–H and O–H groups in total. The normalized spacial score (nSPS) is 14.0. The first kappa shape index (κ1) is 22.8.